The lowest BCUT2D eigenvalue weighted by Gasteiger charge is -2.08. The third-order valence-electron chi connectivity index (χ3n) is 3.04. The molecule has 0 amide bonds. The number of hydrogen-bond acceptors (Lipinski definition) is 3. The summed E-state index contributed by atoms with van der Waals surface area (Å²) in [7, 11) is -3.56. The lowest BCUT2D eigenvalue weighted by molar-refractivity contribution is 0.586. The van der Waals surface area contributed by atoms with Crippen LogP contribution in [0.4, 0.5) is 4.39 Å². The average Bonchev–Trinajstić information content (AvgIpc) is 2.41. The second-order valence-electron chi connectivity index (χ2n) is 4.71. The molecule has 20 heavy (non-hydrogen) atoms. The van der Waals surface area contributed by atoms with E-state index < -0.39 is 15.7 Å². The highest BCUT2D eigenvalue weighted by molar-refractivity contribution is 7.90. The number of aryl methyl sites for hydroxylation is 1. The maximum Gasteiger partial charge on any atom is 0.182 e. The summed E-state index contributed by atoms with van der Waals surface area (Å²) in [6.07, 6.45) is 0. The molecule has 0 aromatic heterocycles. The Bertz CT molecular complexity index is 726. The van der Waals surface area contributed by atoms with Gasteiger partial charge in [-0.15, -0.1) is 0 Å². The van der Waals surface area contributed by atoms with Crippen LogP contribution in [0.3, 0.4) is 0 Å². The van der Waals surface area contributed by atoms with Crippen molar-refractivity contribution in [3.05, 3.63) is 65.0 Å². The van der Waals surface area contributed by atoms with Crippen molar-refractivity contribution >= 4 is 9.84 Å². The van der Waals surface area contributed by atoms with E-state index in [-0.39, 0.29) is 22.8 Å². The van der Waals surface area contributed by atoms with E-state index in [9.17, 15) is 12.8 Å². The quantitative estimate of drug-likeness (QED) is 0.942. The van der Waals surface area contributed by atoms with Gasteiger partial charge in [-0.1, -0.05) is 24.3 Å². The van der Waals surface area contributed by atoms with Crippen LogP contribution >= 0.6 is 0 Å². The van der Waals surface area contributed by atoms with E-state index in [0.29, 0.717) is 5.56 Å². The van der Waals surface area contributed by atoms with Gasteiger partial charge in [0.1, 0.15) is 5.82 Å². The summed E-state index contributed by atoms with van der Waals surface area (Å²) in [5, 5.41) is 0. The fourth-order valence-corrected chi connectivity index (χ4v) is 3.41. The molecule has 0 heterocycles. The second kappa shape index (κ2) is 5.73. The molecule has 2 rings (SSSR count). The highest BCUT2D eigenvalue weighted by atomic mass is 32.2. The molecule has 0 fully saturated rings. The van der Waals surface area contributed by atoms with Crippen LogP contribution in [0, 0.1) is 12.7 Å². The van der Waals surface area contributed by atoms with Crippen LogP contribution in [-0.2, 0) is 22.1 Å². The maximum absolute atomic E-state index is 13.7. The molecule has 0 aliphatic heterocycles. The van der Waals surface area contributed by atoms with E-state index in [1.165, 1.54) is 18.2 Å². The predicted octanol–water partition coefficient (Wildman–Crippen LogP) is 2.57. The second-order valence-corrected chi connectivity index (χ2v) is 6.70. The molecular weight excluding hydrogens is 277 g/mol. The molecule has 0 saturated heterocycles. The maximum atomic E-state index is 13.7. The molecule has 0 bridgehead atoms. The summed E-state index contributed by atoms with van der Waals surface area (Å²) in [6, 6.07) is 10.9. The van der Waals surface area contributed by atoms with E-state index in [4.69, 9.17) is 5.73 Å². The topological polar surface area (TPSA) is 60.2 Å². The highest BCUT2D eigenvalue weighted by Gasteiger charge is 2.18. The summed E-state index contributed by atoms with van der Waals surface area (Å²) in [5.41, 5.74) is 7.20. The molecule has 3 nitrogen and oxygen atoms in total. The van der Waals surface area contributed by atoms with Gasteiger partial charge in [-0.25, -0.2) is 12.8 Å². The van der Waals surface area contributed by atoms with Gasteiger partial charge < -0.3 is 5.73 Å². The number of nitrogens with two attached hydrogens (primary N) is 1. The summed E-state index contributed by atoms with van der Waals surface area (Å²) in [5.74, 6) is -0.894. The number of rotatable bonds is 4. The van der Waals surface area contributed by atoms with Gasteiger partial charge in [0.15, 0.2) is 9.84 Å². The van der Waals surface area contributed by atoms with Crippen molar-refractivity contribution in [1.82, 2.24) is 0 Å². The molecule has 5 heteroatoms. The van der Waals surface area contributed by atoms with Crippen LogP contribution in [0.25, 0.3) is 0 Å². The summed E-state index contributed by atoms with van der Waals surface area (Å²) < 4.78 is 38.3. The molecule has 2 N–H and O–H groups in total. The van der Waals surface area contributed by atoms with Crippen LogP contribution in [0.1, 0.15) is 16.7 Å². The minimum atomic E-state index is -3.56. The van der Waals surface area contributed by atoms with Crippen molar-refractivity contribution in [3.63, 3.8) is 0 Å². The van der Waals surface area contributed by atoms with Crippen LogP contribution in [-0.4, -0.2) is 8.42 Å². The van der Waals surface area contributed by atoms with Crippen LogP contribution in [0.5, 0.6) is 0 Å². The molecule has 0 radical (unpaired) electrons. The van der Waals surface area contributed by atoms with E-state index in [0.717, 1.165) is 5.56 Å². The molecule has 2 aromatic rings. The lowest BCUT2D eigenvalue weighted by atomic mass is 10.1. The van der Waals surface area contributed by atoms with Gasteiger partial charge in [0.05, 0.1) is 10.6 Å². The first-order valence-electron chi connectivity index (χ1n) is 6.19. The van der Waals surface area contributed by atoms with Gasteiger partial charge >= 0.3 is 0 Å². The number of hydrogen-bond donors (Lipinski definition) is 1. The Morgan fingerprint density at radius 1 is 1.15 bits per heavy atom. The molecule has 0 unspecified atom stereocenters. The van der Waals surface area contributed by atoms with Crippen molar-refractivity contribution in [2.24, 2.45) is 5.73 Å². The van der Waals surface area contributed by atoms with Gasteiger partial charge in [-0.2, -0.15) is 0 Å². The fourth-order valence-electron chi connectivity index (χ4n) is 1.96. The first-order valence-corrected chi connectivity index (χ1v) is 7.84. The largest absolute Gasteiger partial charge is 0.326 e. The monoisotopic (exact) mass is 293 g/mol. The van der Waals surface area contributed by atoms with Crippen molar-refractivity contribution in [1.29, 1.82) is 0 Å². The molecule has 0 saturated carbocycles. The zero-order valence-electron chi connectivity index (χ0n) is 11.1. The number of sulfone groups is 1. The van der Waals surface area contributed by atoms with Gasteiger partial charge in [0.25, 0.3) is 0 Å². The number of benzene rings is 2. The van der Waals surface area contributed by atoms with Crippen molar-refractivity contribution in [2.45, 2.75) is 24.1 Å². The first kappa shape index (κ1) is 14.7. The normalized spacial score (nSPS) is 11.6. The minimum Gasteiger partial charge on any atom is -0.326 e. The minimum absolute atomic E-state index is 0.148. The fraction of sp³-hybridized carbons (Fsp3) is 0.200. The third kappa shape index (κ3) is 3.23. The molecule has 0 aliphatic rings. The zero-order valence-corrected chi connectivity index (χ0v) is 12.0. The van der Waals surface area contributed by atoms with Crippen LogP contribution < -0.4 is 5.73 Å². The van der Waals surface area contributed by atoms with Crippen molar-refractivity contribution in [3.8, 4) is 0 Å². The third-order valence-corrected chi connectivity index (χ3v) is 4.70. The molecule has 106 valence electrons. The first-order chi connectivity index (χ1) is 9.42. The van der Waals surface area contributed by atoms with Gasteiger partial charge in [0, 0.05) is 12.1 Å². The van der Waals surface area contributed by atoms with Crippen LogP contribution in [0.15, 0.2) is 47.4 Å². The molecule has 2 aromatic carbocycles. The van der Waals surface area contributed by atoms with Crippen molar-refractivity contribution < 1.29 is 12.8 Å². The van der Waals surface area contributed by atoms with E-state index in [1.807, 2.05) is 13.0 Å². The standard InChI is InChI=1S/C15H16FNO2S/c1-11-3-2-4-14(7-11)20(18,19)10-13-8-12(9-17)5-6-15(13)16/h2-8H,9-10,17H2,1H3. The summed E-state index contributed by atoms with van der Waals surface area (Å²) in [4.78, 5) is 0.204. The van der Waals surface area contributed by atoms with Gasteiger partial charge in [0.2, 0.25) is 0 Å². The Hall–Kier alpha value is -1.72. The van der Waals surface area contributed by atoms with E-state index in [1.54, 1.807) is 18.2 Å². The Morgan fingerprint density at radius 2 is 1.90 bits per heavy atom. The Morgan fingerprint density at radius 3 is 2.55 bits per heavy atom. The number of halogens is 1. The van der Waals surface area contributed by atoms with Gasteiger partial charge in [-0.3, -0.25) is 0 Å². The summed E-state index contributed by atoms with van der Waals surface area (Å²) >= 11 is 0. The van der Waals surface area contributed by atoms with Crippen molar-refractivity contribution in [2.75, 3.05) is 0 Å². The van der Waals surface area contributed by atoms with E-state index >= 15 is 0 Å². The Labute approximate surface area is 118 Å². The average molecular weight is 293 g/mol. The van der Waals surface area contributed by atoms with Crippen LogP contribution in [0.2, 0.25) is 0 Å². The predicted molar refractivity (Wildman–Crippen MR) is 76.4 cm³/mol. The lowest BCUT2D eigenvalue weighted by Crippen LogP contribution is -2.08. The molecule has 0 aliphatic carbocycles. The van der Waals surface area contributed by atoms with E-state index in [2.05, 4.69) is 0 Å². The van der Waals surface area contributed by atoms with Gasteiger partial charge in [-0.05, 0) is 36.2 Å². The SMILES string of the molecule is Cc1cccc(S(=O)(=O)Cc2cc(CN)ccc2F)c1. The smallest absolute Gasteiger partial charge is 0.182 e. The highest BCUT2D eigenvalue weighted by Crippen LogP contribution is 2.20. The molecule has 0 spiro atoms. The molecular formula is C15H16FNO2S. The Kier molecular flexibility index (Phi) is 4.20. The molecule has 0 atom stereocenters. The Balaban J connectivity index is 2.38. The zero-order chi connectivity index (χ0) is 14.8. The summed E-state index contributed by atoms with van der Waals surface area (Å²) in [6.45, 7) is 2.06.